The number of nitrogens with zero attached hydrogens (tertiary/aromatic N) is 3. The van der Waals surface area contributed by atoms with Crippen molar-refractivity contribution >= 4 is 17.4 Å². The standard InChI is InChI=1S/C11H16ClN3/c1-8(6-12)15(2)11-9-4-3-5-10(9)13-7-14-11/h7-8H,3-6H2,1-2H3. The van der Waals surface area contributed by atoms with Crippen LogP contribution in [0.2, 0.25) is 0 Å². The Bertz CT molecular complexity index is 354. The lowest BCUT2D eigenvalue weighted by Crippen LogP contribution is -2.31. The molecule has 0 spiro atoms. The first-order chi connectivity index (χ1) is 7.24. The second-order valence-electron chi connectivity index (χ2n) is 4.09. The van der Waals surface area contributed by atoms with E-state index in [1.807, 2.05) is 7.05 Å². The lowest BCUT2D eigenvalue weighted by Gasteiger charge is -2.25. The number of hydrogen-bond donors (Lipinski definition) is 0. The predicted molar refractivity (Wildman–Crippen MR) is 62.6 cm³/mol. The Kier molecular flexibility index (Phi) is 3.10. The van der Waals surface area contributed by atoms with Gasteiger partial charge >= 0.3 is 0 Å². The fourth-order valence-corrected chi connectivity index (χ4v) is 2.17. The highest BCUT2D eigenvalue weighted by molar-refractivity contribution is 6.18. The molecule has 0 N–H and O–H groups in total. The van der Waals surface area contributed by atoms with Crippen molar-refractivity contribution in [1.82, 2.24) is 9.97 Å². The van der Waals surface area contributed by atoms with Crippen LogP contribution in [0.25, 0.3) is 0 Å². The maximum absolute atomic E-state index is 5.86. The lowest BCUT2D eigenvalue weighted by molar-refractivity contribution is 0.741. The van der Waals surface area contributed by atoms with Crippen LogP contribution in [0.5, 0.6) is 0 Å². The van der Waals surface area contributed by atoms with Gasteiger partial charge in [0.2, 0.25) is 0 Å². The molecule has 1 aromatic heterocycles. The summed E-state index contributed by atoms with van der Waals surface area (Å²) in [6.07, 6.45) is 5.06. The summed E-state index contributed by atoms with van der Waals surface area (Å²) >= 11 is 5.86. The third-order valence-electron chi connectivity index (χ3n) is 3.07. The van der Waals surface area contributed by atoms with Crippen LogP contribution in [0.3, 0.4) is 0 Å². The highest BCUT2D eigenvalue weighted by Crippen LogP contribution is 2.28. The molecule has 0 aliphatic heterocycles. The maximum atomic E-state index is 5.86. The summed E-state index contributed by atoms with van der Waals surface area (Å²) in [6, 6.07) is 0.311. The van der Waals surface area contributed by atoms with Crippen molar-refractivity contribution < 1.29 is 0 Å². The molecule has 2 rings (SSSR count). The number of hydrogen-bond acceptors (Lipinski definition) is 3. The molecule has 0 bridgehead atoms. The number of aryl methyl sites for hydroxylation is 1. The summed E-state index contributed by atoms with van der Waals surface area (Å²) in [5.41, 5.74) is 2.53. The van der Waals surface area contributed by atoms with E-state index in [0.717, 1.165) is 18.7 Å². The number of fused-ring (bicyclic) bond motifs is 1. The van der Waals surface area contributed by atoms with Gasteiger partial charge in [-0.05, 0) is 26.2 Å². The van der Waals surface area contributed by atoms with E-state index in [1.165, 1.54) is 17.7 Å². The minimum atomic E-state index is 0.311. The average molecular weight is 226 g/mol. The zero-order valence-corrected chi connectivity index (χ0v) is 9.96. The number of anilines is 1. The summed E-state index contributed by atoms with van der Waals surface area (Å²) < 4.78 is 0. The smallest absolute Gasteiger partial charge is 0.135 e. The normalized spacial score (nSPS) is 16.2. The van der Waals surface area contributed by atoms with Crippen LogP contribution >= 0.6 is 11.6 Å². The molecule has 15 heavy (non-hydrogen) atoms. The highest BCUT2D eigenvalue weighted by Gasteiger charge is 2.21. The Morgan fingerprint density at radius 3 is 3.00 bits per heavy atom. The summed E-state index contributed by atoms with van der Waals surface area (Å²) in [5.74, 6) is 1.68. The van der Waals surface area contributed by atoms with E-state index in [0.29, 0.717) is 11.9 Å². The number of alkyl halides is 1. The van der Waals surface area contributed by atoms with Crippen molar-refractivity contribution in [1.29, 1.82) is 0 Å². The fourth-order valence-electron chi connectivity index (χ4n) is 1.96. The number of halogens is 1. The monoisotopic (exact) mass is 225 g/mol. The molecule has 1 aliphatic carbocycles. The zero-order valence-electron chi connectivity index (χ0n) is 9.20. The highest BCUT2D eigenvalue weighted by atomic mass is 35.5. The van der Waals surface area contributed by atoms with Gasteiger partial charge in [0.1, 0.15) is 12.1 Å². The van der Waals surface area contributed by atoms with E-state index in [4.69, 9.17) is 11.6 Å². The molecule has 0 saturated heterocycles. The van der Waals surface area contributed by atoms with Crippen molar-refractivity contribution in [2.45, 2.75) is 32.2 Å². The van der Waals surface area contributed by atoms with Crippen molar-refractivity contribution in [2.24, 2.45) is 0 Å². The fraction of sp³-hybridized carbons (Fsp3) is 0.636. The van der Waals surface area contributed by atoms with Crippen LogP contribution in [0.15, 0.2) is 6.33 Å². The predicted octanol–water partition coefficient (Wildman–Crippen LogP) is 2.03. The third kappa shape index (κ3) is 1.93. The van der Waals surface area contributed by atoms with E-state index in [-0.39, 0.29) is 0 Å². The van der Waals surface area contributed by atoms with Crippen LogP contribution in [0, 0.1) is 0 Å². The summed E-state index contributed by atoms with van der Waals surface area (Å²) in [5, 5.41) is 0. The van der Waals surface area contributed by atoms with Crippen LogP contribution in [-0.4, -0.2) is 28.9 Å². The molecule has 1 atom stereocenters. The molecule has 1 aromatic rings. The minimum absolute atomic E-state index is 0.311. The molecular formula is C11H16ClN3. The molecule has 3 nitrogen and oxygen atoms in total. The summed E-state index contributed by atoms with van der Waals surface area (Å²) in [4.78, 5) is 10.8. The molecule has 1 aliphatic rings. The van der Waals surface area contributed by atoms with Crippen molar-refractivity contribution in [3.05, 3.63) is 17.6 Å². The summed E-state index contributed by atoms with van der Waals surface area (Å²) in [6.45, 7) is 2.11. The second-order valence-corrected chi connectivity index (χ2v) is 4.40. The van der Waals surface area contributed by atoms with Gasteiger partial charge in [0.25, 0.3) is 0 Å². The molecule has 0 radical (unpaired) electrons. The first-order valence-corrected chi connectivity index (χ1v) is 5.89. The molecule has 1 unspecified atom stereocenters. The van der Waals surface area contributed by atoms with Gasteiger partial charge in [0, 0.05) is 30.2 Å². The first kappa shape index (κ1) is 10.7. The average Bonchev–Trinajstić information content (AvgIpc) is 2.74. The van der Waals surface area contributed by atoms with Gasteiger partial charge in [-0.1, -0.05) is 0 Å². The molecule has 4 heteroatoms. The van der Waals surface area contributed by atoms with Crippen molar-refractivity contribution in [3.63, 3.8) is 0 Å². The molecule has 1 heterocycles. The molecule has 0 aromatic carbocycles. The summed E-state index contributed by atoms with van der Waals surface area (Å²) in [7, 11) is 2.05. The largest absolute Gasteiger partial charge is 0.355 e. The SMILES string of the molecule is CC(CCl)N(C)c1ncnc2c1CCC2. The van der Waals surface area contributed by atoms with Crippen LogP contribution < -0.4 is 4.90 Å². The van der Waals surface area contributed by atoms with Crippen LogP contribution in [0.4, 0.5) is 5.82 Å². The third-order valence-corrected chi connectivity index (χ3v) is 3.52. The van der Waals surface area contributed by atoms with Crippen LogP contribution in [-0.2, 0) is 12.8 Å². The number of rotatable bonds is 3. The molecular weight excluding hydrogens is 210 g/mol. The van der Waals surface area contributed by atoms with Crippen LogP contribution in [0.1, 0.15) is 24.6 Å². The quantitative estimate of drug-likeness (QED) is 0.738. The van der Waals surface area contributed by atoms with Gasteiger partial charge in [-0.3, -0.25) is 0 Å². The Morgan fingerprint density at radius 2 is 2.27 bits per heavy atom. The maximum Gasteiger partial charge on any atom is 0.135 e. The molecule has 82 valence electrons. The topological polar surface area (TPSA) is 29.0 Å². The van der Waals surface area contributed by atoms with Crippen molar-refractivity contribution in [3.8, 4) is 0 Å². The van der Waals surface area contributed by atoms with Gasteiger partial charge in [-0.2, -0.15) is 0 Å². The van der Waals surface area contributed by atoms with E-state index in [9.17, 15) is 0 Å². The van der Waals surface area contributed by atoms with E-state index in [2.05, 4.69) is 21.8 Å². The molecule has 0 fully saturated rings. The Labute approximate surface area is 95.5 Å². The second kappa shape index (κ2) is 4.35. The van der Waals surface area contributed by atoms with Gasteiger partial charge in [-0.25, -0.2) is 9.97 Å². The van der Waals surface area contributed by atoms with E-state index < -0.39 is 0 Å². The van der Waals surface area contributed by atoms with Crippen molar-refractivity contribution in [2.75, 3.05) is 17.8 Å². The Hall–Kier alpha value is -0.830. The van der Waals surface area contributed by atoms with Gasteiger partial charge < -0.3 is 4.90 Å². The van der Waals surface area contributed by atoms with E-state index in [1.54, 1.807) is 6.33 Å². The van der Waals surface area contributed by atoms with Gasteiger partial charge in [-0.15, -0.1) is 11.6 Å². The van der Waals surface area contributed by atoms with E-state index >= 15 is 0 Å². The molecule has 0 amide bonds. The van der Waals surface area contributed by atoms with Gasteiger partial charge in [0.05, 0.1) is 0 Å². The molecule has 0 saturated carbocycles. The Balaban J connectivity index is 2.32. The minimum Gasteiger partial charge on any atom is -0.355 e. The Morgan fingerprint density at radius 1 is 1.47 bits per heavy atom. The lowest BCUT2D eigenvalue weighted by atomic mass is 10.2. The van der Waals surface area contributed by atoms with Gasteiger partial charge in [0.15, 0.2) is 0 Å². The number of aromatic nitrogens is 2. The first-order valence-electron chi connectivity index (χ1n) is 5.35. The zero-order chi connectivity index (χ0) is 10.8.